The number of aliphatic hydroxyl groups excluding tert-OH is 1. The number of hydrogen-bond donors (Lipinski definition) is 1. The van der Waals surface area contributed by atoms with Gasteiger partial charge >= 0.3 is 0 Å². The number of benzene rings is 1. The van der Waals surface area contributed by atoms with Gasteiger partial charge in [0.1, 0.15) is 0 Å². The third-order valence-electron chi connectivity index (χ3n) is 3.88. The van der Waals surface area contributed by atoms with E-state index in [1.807, 2.05) is 30.3 Å². The van der Waals surface area contributed by atoms with Crippen molar-refractivity contribution in [1.29, 1.82) is 0 Å². The third-order valence-corrected chi connectivity index (χ3v) is 3.88. The highest BCUT2D eigenvalue weighted by Gasteiger charge is 2.58. The SMILES string of the molecule is [O]N1C2CCC1(c1ccccc1)CC2O. The third kappa shape index (κ3) is 1.11. The fourth-order valence-electron chi connectivity index (χ4n) is 3.09. The molecule has 3 unspecified atom stereocenters. The highest BCUT2D eigenvalue weighted by atomic mass is 16.5. The molecule has 0 amide bonds. The molecule has 2 aliphatic heterocycles. The smallest absolute Gasteiger partial charge is 0.0772 e. The summed E-state index contributed by atoms with van der Waals surface area (Å²) in [5.41, 5.74) is 0.616. The van der Waals surface area contributed by atoms with E-state index >= 15 is 0 Å². The van der Waals surface area contributed by atoms with Crippen LogP contribution in [0, 0.1) is 0 Å². The molecular formula is C12H14NO2. The van der Waals surface area contributed by atoms with Crippen LogP contribution < -0.4 is 0 Å². The number of hydrogen-bond acceptors (Lipinski definition) is 2. The first-order valence-corrected chi connectivity index (χ1v) is 5.44. The summed E-state index contributed by atoms with van der Waals surface area (Å²) in [7, 11) is 0. The predicted octanol–water partition coefficient (Wildman–Crippen LogP) is 1.46. The first-order chi connectivity index (χ1) is 7.24. The van der Waals surface area contributed by atoms with Crippen molar-refractivity contribution in [1.82, 2.24) is 5.06 Å². The Morgan fingerprint density at radius 1 is 1.33 bits per heavy atom. The fourth-order valence-corrected chi connectivity index (χ4v) is 3.09. The maximum atomic E-state index is 12.1. The van der Waals surface area contributed by atoms with Gasteiger partial charge in [0.05, 0.1) is 17.7 Å². The lowest BCUT2D eigenvalue weighted by Crippen LogP contribution is -2.34. The molecule has 1 N–H and O–H groups in total. The zero-order chi connectivity index (χ0) is 10.5. The van der Waals surface area contributed by atoms with Gasteiger partial charge in [0, 0.05) is 0 Å². The first-order valence-electron chi connectivity index (χ1n) is 5.44. The Morgan fingerprint density at radius 3 is 2.60 bits per heavy atom. The molecule has 79 valence electrons. The number of nitrogens with zero attached hydrogens (tertiary/aromatic N) is 1. The maximum absolute atomic E-state index is 12.1. The number of fused-ring (bicyclic) bond motifs is 2. The maximum Gasteiger partial charge on any atom is 0.0772 e. The van der Waals surface area contributed by atoms with Crippen LogP contribution in [0.3, 0.4) is 0 Å². The summed E-state index contributed by atoms with van der Waals surface area (Å²) in [5.74, 6) is 0. The van der Waals surface area contributed by atoms with Crippen molar-refractivity contribution >= 4 is 0 Å². The van der Waals surface area contributed by atoms with Crippen molar-refractivity contribution in [3.8, 4) is 0 Å². The summed E-state index contributed by atoms with van der Waals surface area (Å²) >= 11 is 0. The zero-order valence-corrected chi connectivity index (χ0v) is 8.47. The number of aliphatic hydroxyl groups is 1. The zero-order valence-electron chi connectivity index (χ0n) is 8.47. The normalized spacial score (nSPS) is 39.9. The molecule has 2 aliphatic rings. The Balaban J connectivity index is 2.05. The Bertz CT molecular complexity index is 367. The molecule has 3 heteroatoms. The lowest BCUT2D eigenvalue weighted by molar-refractivity contribution is -0.213. The Labute approximate surface area is 88.9 Å². The summed E-state index contributed by atoms with van der Waals surface area (Å²) < 4.78 is 0. The van der Waals surface area contributed by atoms with Crippen LogP contribution in [-0.2, 0) is 10.7 Å². The van der Waals surface area contributed by atoms with Crippen molar-refractivity contribution in [3.63, 3.8) is 0 Å². The molecule has 1 radical (unpaired) electrons. The van der Waals surface area contributed by atoms with E-state index in [1.54, 1.807) is 0 Å². The summed E-state index contributed by atoms with van der Waals surface area (Å²) in [6, 6.07) is 9.67. The second-order valence-electron chi connectivity index (χ2n) is 4.60. The molecule has 0 aromatic heterocycles. The van der Waals surface area contributed by atoms with Crippen LogP contribution in [0.4, 0.5) is 0 Å². The molecular weight excluding hydrogens is 190 g/mol. The molecule has 0 spiro atoms. The van der Waals surface area contributed by atoms with Crippen LogP contribution in [0.1, 0.15) is 24.8 Å². The molecule has 3 nitrogen and oxygen atoms in total. The Morgan fingerprint density at radius 2 is 2.07 bits per heavy atom. The van der Waals surface area contributed by atoms with Gasteiger partial charge in [-0.25, -0.2) is 0 Å². The quantitative estimate of drug-likeness (QED) is 0.752. The van der Waals surface area contributed by atoms with Gasteiger partial charge in [0.2, 0.25) is 0 Å². The van der Waals surface area contributed by atoms with Crippen LogP contribution in [0.25, 0.3) is 0 Å². The van der Waals surface area contributed by atoms with Crippen molar-refractivity contribution in [2.75, 3.05) is 0 Å². The minimum atomic E-state index is -0.448. The topological polar surface area (TPSA) is 43.4 Å². The molecule has 0 saturated carbocycles. The van der Waals surface area contributed by atoms with Crippen molar-refractivity contribution in [2.45, 2.75) is 36.9 Å². The van der Waals surface area contributed by atoms with Crippen molar-refractivity contribution < 1.29 is 10.3 Å². The minimum absolute atomic E-state index is 0.176. The molecule has 3 atom stereocenters. The van der Waals surface area contributed by atoms with E-state index in [-0.39, 0.29) is 6.04 Å². The average Bonchev–Trinajstić information content (AvgIpc) is 2.71. The van der Waals surface area contributed by atoms with Crippen LogP contribution in [-0.4, -0.2) is 22.3 Å². The lowest BCUT2D eigenvalue weighted by atomic mass is 9.81. The summed E-state index contributed by atoms with van der Waals surface area (Å²) in [6.45, 7) is 0. The van der Waals surface area contributed by atoms with Crippen molar-refractivity contribution in [3.05, 3.63) is 35.9 Å². The second kappa shape index (κ2) is 3.04. The molecule has 0 aliphatic carbocycles. The van der Waals surface area contributed by atoms with Gasteiger partial charge in [-0.2, -0.15) is 0 Å². The van der Waals surface area contributed by atoms with Gasteiger partial charge in [-0.05, 0) is 24.8 Å². The van der Waals surface area contributed by atoms with Crippen LogP contribution in [0.2, 0.25) is 0 Å². The van der Waals surface area contributed by atoms with E-state index in [2.05, 4.69) is 0 Å². The second-order valence-corrected chi connectivity index (χ2v) is 4.60. The monoisotopic (exact) mass is 204 g/mol. The largest absolute Gasteiger partial charge is 0.391 e. The molecule has 1 aromatic carbocycles. The van der Waals surface area contributed by atoms with Gasteiger partial charge in [-0.15, -0.1) is 10.3 Å². The molecule has 2 heterocycles. The van der Waals surface area contributed by atoms with E-state index in [9.17, 15) is 10.3 Å². The molecule has 2 bridgehead atoms. The number of hydroxylamine groups is 2. The van der Waals surface area contributed by atoms with E-state index in [4.69, 9.17) is 0 Å². The molecule has 1 aromatic rings. The molecule has 2 fully saturated rings. The summed E-state index contributed by atoms with van der Waals surface area (Å²) in [6.07, 6.45) is 1.84. The van der Waals surface area contributed by atoms with Gasteiger partial charge < -0.3 is 5.11 Å². The van der Waals surface area contributed by atoms with Crippen LogP contribution in [0.15, 0.2) is 30.3 Å². The standard InChI is InChI=1S/C12H14NO2/c14-11-8-12(7-6-10(11)13(12)15)9-4-2-1-3-5-9/h1-5,10-11,14H,6-8H2. The van der Waals surface area contributed by atoms with Crippen molar-refractivity contribution in [2.24, 2.45) is 0 Å². The highest BCUT2D eigenvalue weighted by molar-refractivity contribution is 5.29. The minimum Gasteiger partial charge on any atom is -0.391 e. The van der Waals surface area contributed by atoms with Crippen LogP contribution >= 0.6 is 0 Å². The van der Waals surface area contributed by atoms with Gasteiger partial charge in [0.15, 0.2) is 0 Å². The van der Waals surface area contributed by atoms with Crippen LogP contribution in [0.5, 0.6) is 0 Å². The summed E-state index contributed by atoms with van der Waals surface area (Å²) in [4.78, 5) is 0. The fraction of sp³-hybridized carbons (Fsp3) is 0.500. The van der Waals surface area contributed by atoms with E-state index in [0.717, 1.165) is 23.5 Å². The highest BCUT2D eigenvalue weighted by Crippen LogP contribution is 2.51. The Hall–Kier alpha value is -0.900. The molecule has 3 rings (SSSR count). The predicted molar refractivity (Wildman–Crippen MR) is 54.3 cm³/mol. The molecule has 2 saturated heterocycles. The number of rotatable bonds is 1. The van der Waals surface area contributed by atoms with Gasteiger partial charge in [-0.1, -0.05) is 30.3 Å². The Kier molecular flexibility index (Phi) is 1.89. The average molecular weight is 204 g/mol. The van der Waals surface area contributed by atoms with E-state index in [0.29, 0.717) is 6.42 Å². The van der Waals surface area contributed by atoms with Gasteiger partial charge in [-0.3, -0.25) is 0 Å². The lowest BCUT2D eigenvalue weighted by Gasteiger charge is -2.29. The van der Waals surface area contributed by atoms with E-state index in [1.165, 1.54) is 0 Å². The molecule has 15 heavy (non-hydrogen) atoms. The van der Waals surface area contributed by atoms with Gasteiger partial charge in [0.25, 0.3) is 0 Å². The summed E-state index contributed by atoms with van der Waals surface area (Å²) in [5, 5.41) is 23.0. The first kappa shape index (κ1) is 9.33. The van der Waals surface area contributed by atoms with E-state index < -0.39 is 11.6 Å².